The topological polar surface area (TPSA) is 114 Å². The van der Waals surface area contributed by atoms with E-state index in [1.807, 2.05) is 6.07 Å². The molecule has 3 aromatic carbocycles. The second-order valence-corrected chi connectivity index (χ2v) is 8.27. The van der Waals surface area contributed by atoms with E-state index in [0.717, 1.165) is 10.5 Å². The van der Waals surface area contributed by atoms with Gasteiger partial charge in [0.2, 0.25) is 5.91 Å². The average Bonchev–Trinajstić information content (AvgIpc) is 2.83. The summed E-state index contributed by atoms with van der Waals surface area (Å²) in [6, 6.07) is 16.6. The molecule has 0 aliphatic rings. The Morgan fingerprint density at radius 3 is 2.32 bits per heavy atom. The Kier molecular flexibility index (Phi) is 8.15. The van der Waals surface area contributed by atoms with Crippen molar-refractivity contribution >= 4 is 40.9 Å². The third-order valence-electron chi connectivity index (χ3n) is 4.87. The SMILES string of the molecule is COc1ccc(C(=O)Nc2cccc(SCC(=O)Nc3cc(C(=O)O)ccc3C)c2)cc1OC. The van der Waals surface area contributed by atoms with Crippen LogP contribution in [0.1, 0.15) is 26.3 Å². The van der Waals surface area contributed by atoms with E-state index in [1.54, 1.807) is 49.4 Å². The maximum Gasteiger partial charge on any atom is 0.335 e. The number of carboxylic acid groups (broad SMARTS) is 1. The quantitative estimate of drug-likeness (QED) is 0.381. The Bertz CT molecular complexity index is 1230. The monoisotopic (exact) mass is 480 g/mol. The van der Waals surface area contributed by atoms with Crippen molar-refractivity contribution in [2.75, 3.05) is 30.6 Å². The van der Waals surface area contributed by atoms with E-state index < -0.39 is 5.97 Å². The van der Waals surface area contributed by atoms with Crippen molar-refractivity contribution < 1.29 is 29.0 Å². The standard InChI is InChI=1S/C25H24N2O6S/c1-15-7-8-17(25(30)31)11-20(15)27-23(28)14-34-19-6-4-5-18(13-19)26-24(29)16-9-10-21(32-2)22(12-16)33-3/h4-13H,14H2,1-3H3,(H,26,29)(H,27,28)(H,30,31). The number of hydrogen-bond donors (Lipinski definition) is 3. The van der Waals surface area contributed by atoms with Gasteiger partial charge in [-0.05, 0) is 61.0 Å². The molecule has 0 radical (unpaired) electrons. The Morgan fingerprint density at radius 1 is 0.882 bits per heavy atom. The number of aromatic carboxylic acids is 1. The van der Waals surface area contributed by atoms with E-state index in [1.165, 1.54) is 38.1 Å². The second-order valence-electron chi connectivity index (χ2n) is 7.22. The van der Waals surface area contributed by atoms with Crippen molar-refractivity contribution in [2.45, 2.75) is 11.8 Å². The fourth-order valence-corrected chi connectivity index (χ4v) is 3.82. The van der Waals surface area contributed by atoms with Crippen molar-refractivity contribution in [2.24, 2.45) is 0 Å². The van der Waals surface area contributed by atoms with Gasteiger partial charge in [0.15, 0.2) is 11.5 Å². The van der Waals surface area contributed by atoms with Crippen LogP contribution in [0.4, 0.5) is 11.4 Å². The highest BCUT2D eigenvalue weighted by molar-refractivity contribution is 8.00. The molecule has 3 N–H and O–H groups in total. The molecule has 176 valence electrons. The molecule has 2 amide bonds. The molecule has 0 spiro atoms. The molecule has 0 unspecified atom stereocenters. The molecule has 8 nitrogen and oxygen atoms in total. The second kappa shape index (κ2) is 11.2. The predicted molar refractivity (Wildman–Crippen MR) is 131 cm³/mol. The third-order valence-corrected chi connectivity index (χ3v) is 5.86. The Hall–Kier alpha value is -3.98. The number of aryl methyl sites for hydroxylation is 1. The molecule has 0 aliphatic heterocycles. The van der Waals surface area contributed by atoms with E-state index in [2.05, 4.69) is 10.6 Å². The highest BCUT2D eigenvalue weighted by atomic mass is 32.2. The average molecular weight is 481 g/mol. The minimum Gasteiger partial charge on any atom is -0.493 e. The Labute approximate surface area is 201 Å². The molecule has 34 heavy (non-hydrogen) atoms. The number of carboxylic acids is 1. The maximum absolute atomic E-state index is 12.6. The van der Waals surface area contributed by atoms with Gasteiger partial charge in [0.1, 0.15) is 0 Å². The number of benzene rings is 3. The van der Waals surface area contributed by atoms with E-state index in [-0.39, 0.29) is 23.1 Å². The summed E-state index contributed by atoms with van der Waals surface area (Å²) in [6.45, 7) is 1.79. The summed E-state index contributed by atoms with van der Waals surface area (Å²) >= 11 is 1.30. The summed E-state index contributed by atoms with van der Waals surface area (Å²) in [7, 11) is 3.02. The Balaban J connectivity index is 1.61. The number of rotatable bonds is 9. The van der Waals surface area contributed by atoms with Crippen molar-refractivity contribution in [3.05, 3.63) is 77.4 Å². The van der Waals surface area contributed by atoms with Crippen LogP contribution in [0.5, 0.6) is 11.5 Å². The highest BCUT2D eigenvalue weighted by Crippen LogP contribution is 2.28. The molecule has 3 rings (SSSR count). The van der Waals surface area contributed by atoms with Crippen LogP contribution >= 0.6 is 11.8 Å². The van der Waals surface area contributed by atoms with E-state index in [4.69, 9.17) is 14.6 Å². The van der Waals surface area contributed by atoms with E-state index in [9.17, 15) is 14.4 Å². The number of carbonyl (C=O) groups is 3. The van der Waals surface area contributed by atoms with E-state index >= 15 is 0 Å². The van der Waals surface area contributed by atoms with Gasteiger partial charge in [0.05, 0.1) is 25.5 Å². The van der Waals surface area contributed by atoms with Crippen LogP contribution in [0.3, 0.4) is 0 Å². The van der Waals surface area contributed by atoms with Gasteiger partial charge in [0.25, 0.3) is 5.91 Å². The summed E-state index contributed by atoms with van der Waals surface area (Å²) in [6.07, 6.45) is 0. The van der Waals surface area contributed by atoms with Crippen LogP contribution < -0.4 is 20.1 Å². The summed E-state index contributed by atoms with van der Waals surface area (Å²) in [5.74, 6) is -0.541. The number of hydrogen-bond acceptors (Lipinski definition) is 6. The van der Waals surface area contributed by atoms with Crippen LogP contribution in [0, 0.1) is 6.92 Å². The zero-order valence-electron chi connectivity index (χ0n) is 18.9. The number of amides is 2. The number of methoxy groups -OCH3 is 2. The molecule has 0 saturated heterocycles. The van der Waals surface area contributed by atoms with E-state index in [0.29, 0.717) is 28.4 Å². The van der Waals surface area contributed by atoms with Gasteiger partial charge in [-0.1, -0.05) is 12.1 Å². The lowest BCUT2D eigenvalue weighted by atomic mass is 10.1. The predicted octanol–water partition coefficient (Wildman–Crippen LogP) is 4.69. The molecule has 0 aromatic heterocycles. The van der Waals surface area contributed by atoms with Crippen molar-refractivity contribution in [1.82, 2.24) is 0 Å². The lowest BCUT2D eigenvalue weighted by Gasteiger charge is -2.11. The molecular weight excluding hydrogens is 456 g/mol. The summed E-state index contributed by atoms with van der Waals surface area (Å²) in [5.41, 5.74) is 2.32. The highest BCUT2D eigenvalue weighted by Gasteiger charge is 2.12. The van der Waals surface area contributed by atoms with Gasteiger partial charge < -0.3 is 25.2 Å². The minimum atomic E-state index is -1.06. The maximum atomic E-state index is 12.6. The fraction of sp³-hybridized carbons (Fsp3) is 0.160. The molecule has 0 atom stereocenters. The zero-order valence-corrected chi connectivity index (χ0v) is 19.7. The van der Waals surface area contributed by atoms with Crippen LogP contribution in [-0.4, -0.2) is 42.9 Å². The van der Waals surface area contributed by atoms with Crippen LogP contribution in [0.2, 0.25) is 0 Å². The lowest BCUT2D eigenvalue weighted by Crippen LogP contribution is -2.15. The largest absolute Gasteiger partial charge is 0.493 e. The minimum absolute atomic E-state index is 0.103. The van der Waals surface area contributed by atoms with Gasteiger partial charge in [0, 0.05) is 21.8 Å². The van der Waals surface area contributed by atoms with Crippen LogP contribution in [0.15, 0.2) is 65.6 Å². The number of thioether (sulfide) groups is 1. The summed E-state index contributed by atoms with van der Waals surface area (Å²) in [4.78, 5) is 37.0. The molecular formula is C25H24N2O6S. The number of ether oxygens (including phenoxy) is 2. The van der Waals surface area contributed by atoms with Crippen molar-refractivity contribution in [3.63, 3.8) is 0 Å². The van der Waals surface area contributed by atoms with Gasteiger partial charge >= 0.3 is 5.97 Å². The van der Waals surface area contributed by atoms with Gasteiger partial charge in [-0.3, -0.25) is 9.59 Å². The first-order valence-corrected chi connectivity index (χ1v) is 11.2. The van der Waals surface area contributed by atoms with Crippen LogP contribution in [0.25, 0.3) is 0 Å². The van der Waals surface area contributed by atoms with Gasteiger partial charge in [-0.15, -0.1) is 11.8 Å². The summed E-state index contributed by atoms with van der Waals surface area (Å²) < 4.78 is 10.4. The molecule has 0 heterocycles. The molecule has 0 bridgehead atoms. The third kappa shape index (κ3) is 6.29. The zero-order chi connectivity index (χ0) is 24.7. The molecule has 9 heteroatoms. The van der Waals surface area contributed by atoms with Gasteiger partial charge in [-0.2, -0.15) is 0 Å². The molecule has 3 aromatic rings. The summed E-state index contributed by atoms with van der Waals surface area (Å²) in [5, 5.41) is 14.7. The molecule has 0 saturated carbocycles. The van der Waals surface area contributed by atoms with Crippen molar-refractivity contribution in [3.8, 4) is 11.5 Å². The fourth-order valence-electron chi connectivity index (χ4n) is 3.07. The smallest absolute Gasteiger partial charge is 0.335 e. The first-order valence-electron chi connectivity index (χ1n) is 10.2. The van der Waals surface area contributed by atoms with Gasteiger partial charge in [-0.25, -0.2) is 4.79 Å². The molecule has 0 aliphatic carbocycles. The number of carbonyl (C=O) groups excluding carboxylic acids is 2. The normalized spacial score (nSPS) is 10.3. The lowest BCUT2D eigenvalue weighted by molar-refractivity contribution is -0.113. The van der Waals surface area contributed by atoms with Crippen molar-refractivity contribution in [1.29, 1.82) is 0 Å². The number of nitrogens with one attached hydrogen (secondary N) is 2. The first-order chi connectivity index (χ1) is 16.3. The number of anilines is 2. The first kappa shape index (κ1) is 24.7. The Morgan fingerprint density at radius 2 is 1.62 bits per heavy atom. The van der Waals surface area contributed by atoms with Crippen LogP contribution in [-0.2, 0) is 4.79 Å². The molecule has 0 fully saturated rings.